The van der Waals surface area contributed by atoms with Crippen molar-refractivity contribution in [2.24, 2.45) is 0 Å². The van der Waals surface area contributed by atoms with Gasteiger partial charge in [-0.25, -0.2) is 13.4 Å². The molecule has 0 spiro atoms. The zero-order valence-corrected chi connectivity index (χ0v) is 11.4. The molecule has 1 heterocycles. The van der Waals surface area contributed by atoms with Gasteiger partial charge in [0.1, 0.15) is 4.90 Å². The number of halogens is 2. The first-order chi connectivity index (χ1) is 7.99. The van der Waals surface area contributed by atoms with Crippen LogP contribution in [0.25, 0.3) is 0 Å². The van der Waals surface area contributed by atoms with Crippen molar-refractivity contribution >= 4 is 49.7 Å². The number of sulfonamides is 1. The zero-order chi connectivity index (χ0) is 12.5. The van der Waals surface area contributed by atoms with E-state index in [1.54, 1.807) is 5.38 Å². The van der Waals surface area contributed by atoms with E-state index in [0.717, 1.165) is 0 Å². The van der Waals surface area contributed by atoms with Crippen LogP contribution in [0.3, 0.4) is 0 Å². The maximum atomic E-state index is 12.0. The Labute approximate surface area is 112 Å². The SMILES string of the molecule is O=S(=O)(Nc1nccs1)c1ccc(Cl)cc1Cl. The lowest BCUT2D eigenvalue weighted by Crippen LogP contribution is -2.13. The van der Waals surface area contributed by atoms with Gasteiger partial charge in [0, 0.05) is 16.6 Å². The third-order valence-corrected chi connectivity index (χ3v) is 4.71. The summed E-state index contributed by atoms with van der Waals surface area (Å²) < 4.78 is 26.2. The van der Waals surface area contributed by atoms with Crippen molar-refractivity contribution in [1.29, 1.82) is 0 Å². The van der Waals surface area contributed by atoms with E-state index in [9.17, 15) is 8.42 Å². The van der Waals surface area contributed by atoms with Crippen LogP contribution in [0.15, 0.2) is 34.7 Å². The molecule has 1 aromatic carbocycles. The Morgan fingerprint density at radius 1 is 1.29 bits per heavy atom. The van der Waals surface area contributed by atoms with Crippen molar-refractivity contribution in [1.82, 2.24) is 4.98 Å². The molecule has 0 amide bonds. The Bertz CT molecular complexity index is 626. The topological polar surface area (TPSA) is 59.1 Å². The standard InChI is InChI=1S/C9H6Cl2N2O2S2/c10-6-1-2-8(7(11)5-6)17(14,15)13-9-12-3-4-16-9/h1-5H,(H,12,13). The van der Waals surface area contributed by atoms with Gasteiger partial charge in [-0.3, -0.25) is 4.72 Å². The molecule has 2 rings (SSSR count). The minimum absolute atomic E-state index is 0.0289. The number of benzene rings is 1. The van der Waals surface area contributed by atoms with Crippen LogP contribution in [-0.2, 0) is 10.0 Å². The number of anilines is 1. The Hall–Kier alpha value is -0.820. The normalized spacial score (nSPS) is 11.4. The van der Waals surface area contributed by atoms with Gasteiger partial charge in [-0.15, -0.1) is 11.3 Å². The molecule has 4 nitrogen and oxygen atoms in total. The molecule has 1 aromatic heterocycles. The molecule has 0 aliphatic carbocycles. The summed E-state index contributed by atoms with van der Waals surface area (Å²) in [6, 6.07) is 4.18. The molecule has 17 heavy (non-hydrogen) atoms. The second-order valence-electron chi connectivity index (χ2n) is 3.02. The number of nitrogens with one attached hydrogen (secondary N) is 1. The monoisotopic (exact) mass is 308 g/mol. The van der Waals surface area contributed by atoms with Crippen molar-refractivity contribution in [3.63, 3.8) is 0 Å². The third-order valence-electron chi connectivity index (χ3n) is 1.84. The van der Waals surface area contributed by atoms with Crippen molar-refractivity contribution in [2.75, 3.05) is 4.72 Å². The number of nitrogens with zero attached hydrogens (tertiary/aromatic N) is 1. The summed E-state index contributed by atoms with van der Waals surface area (Å²) in [6.07, 6.45) is 1.51. The third kappa shape index (κ3) is 2.90. The highest BCUT2D eigenvalue weighted by Gasteiger charge is 2.19. The van der Waals surface area contributed by atoms with Gasteiger partial charge < -0.3 is 0 Å². The molecule has 0 bridgehead atoms. The van der Waals surface area contributed by atoms with E-state index in [1.807, 2.05) is 0 Å². The van der Waals surface area contributed by atoms with Gasteiger partial charge in [0.05, 0.1) is 5.02 Å². The van der Waals surface area contributed by atoms with Crippen LogP contribution in [-0.4, -0.2) is 13.4 Å². The maximum Gasteiger partial charge on any atom is 0.265 e. The minimum Gasteiger partial charge on any atom is -0.255 e. The average molecular weight is 309 g/mol. The highest BCUT2D eigenvalue weighted by molar-refractivity contribution is 7.93. The van der Waals surface area contributed by atoms with Gasteiger partial charge in [-0.05, 0) is 18.2 Å². The van der Waals surface area contributed by atoms with Crippen LogP contribution in [0.4, 0.5) is 5.13 Å². The van der Waals surface area contributed by atoms with Crippen LogP contribution in [0, 0.1) is 0 Å². The molecule has 0 aliphatic rings. The number of thiazole rings is 1. The van der Waals surface area contributed by atoms with E-state index in [4.69, 9.17) is 23.2 Å². The lowest BCUT2D eigenvalue weighted by molar-refractivity contribution is 0.601. The first-order valence-corrected chi connectivity index (χ1v) is 7.48. The lowest BCUT2D eigenvalue weighted by atomic mass is 10.4. The molecular weight excluding hydrogens is 303 g/mol. The van der Waals surface area contributed by atoms with E-state index in [1.165, 1.54) is 35.7 Å². The zero-order valence-electron chi connectivity index (χ0n) is 8.22. The molecule has 8 heteroatoms. The molecule has 0 radical (unpaired) electrons. The molecule has 90 valence electrons. The fourth-order valence-corrected chi connectivity index (χ4v) is 3.70. The predicted octanol–water partition coefficient (Wildman–Crippen LogP) is 3.25. The summed E-state index contributed by atoms with van der Waals surface area (Å²) in [5.41, 5.74) is 0. The van der Waals surface area contributed by atoms with Crippen molar-refractivity contribution in [3.8, 4) is 0 Å². The van der Waals surface area contributed by atoms with Crippen LogP contribution in [0.2, 0.25) is 10.0 Å². The number of hydrogen-bond acceptors (Lipinski definition) is 4. The Kier molecular flexibility index (Phi) is 3.58. The van der Waals surface area contributed by atoms with Crippen molar-refractivity contribution < 1.29 is 8.42 Å². The fraction of sp³-hybridized carbons (Fsp3) is 0. The van der Waals surface area contributed by atoms with Crippen molar-refractivity contribution in [2.45, 2.75) is 4.90 Å². The molecule has 0 aliphatic heterocycles. The van der Waals surface area contributed by atoms with Gasteiger partial charge in [-0.1, -0.05) is 23.2 Å². The Morgan fingerprint density at radius 2 is 2.06 bits per heavy atom. The number of rotatable bonds is 3. The average Bonchev–Trinajstić information content (AvgIpc) is 2.68. The number of aromatic nitrogens is 1. The van der Waals surface area contributed by atoms with E-state index in [0.29, 0.717) is 5.02 Å². The second-order valence-corrected chi connectivity index (χ2v) is 6.41. The summed E-state index contributed by atoms with van der Waals surface area (Å²) >= 11 is 12.7. The molecule has 0 unspecified atom stereocenters. The first kappa shape index (κ1) is 12.6. The van der Waals surface area contributed by atoms with Gasteiger partial charge >= 0.3 is 0 Å². The van der Waals surface area contributed by atoms with E-state index in [-0.39, 0.29) is 15.0 Å². The molecule has 0 saturated carbocycles. The van der Waals surface area contributed by atoms with Crippen LogP contribution >= 0.6 is 34.5 Å². The summed E-state index contributed by atoms with van der Waals surface area (Å²) in [4.78, 5) is 3.80. The molecule has 0 saturated heterocycles. The molecule has 2 aromatic rings. The first-order valence-electron chi connectivity index (χ1n) is 4.36. The van der Waals surface area contributed by atoms with Crippen LogP contribution < -0.4 is 4.72 Å². The van der Waals surface area contributed by atoms with Gasteiger partial charge in [0.2, 0.25) is 0 Å². The largest absolute Gasteiger partial charge is 0.265 e. The fourth-order valence-electron chi connectivity index (χ4n) is 1.14. The smallest absolute Gasteiger partial charge is 0.255 e. The maximum absolute atomic E-state index is 12.0. The van der Waals surface area contributed by atoms with Crippen LogP contribution in [0.1, 0.15) is 0 Å². The predicted molar refractivity (Wildman–Crippen MR) is 69.4 cm³/mol. The Balaban J connectivity index is 2.38. The number of hydrogen-bond donors (Lipinski definition) is 1. The summed E-state index contributed by atoms with van der Waals surface area (Å²) in [6.45, 7) is 0. The Morgan fingerprint density at radius 3 is 2.65 bits per heavy atom. The molecule has 1 N–H and O–H groups in total. The molecule has 0 fully saturated rings. The lowest BCUT2D eigenvalue weighted by Gasteiger charge is -2.06. The van der Waals surface area contributed by atoms with Gasteiger partial charge in [-0.2, -0.15) is 0 Å². The molecule has 0 atom stereocenters. The highest BCUT2D eigenvalue weighted by atomic mass is 35.5. The summed E-state index contributed by atoms with van der Waals surface area (Å²) in [5, 5.41) is 2.40. The minimum atomic E-state index is -3.72. The quantitative estimate of drug-likeness (QED) is 0.947. The summed E-state index contributed by atoms with van der Waals surface area (Å²) in [5.74, 6) is 0. The van der Waals surface area contributed by atoms with Gasteiger partial charge in [0.25, 0.3) is 10.0 Å². The second kappa shape index (κ2) is 4.81. The van der Waals surface area contributed by atoms with Crippen LogP contribution in [0.5, 0.6) is 0 Å². The van der Waals surface area contributed by atoms with E-state index in [2.05, 4.69) is 9.71 Å². The van der Waals surface area contributed by atoms with Gasteiger partial charge in [0.15, 0.2) is 5.13 Å². The summed E-state index contributed by atoms with van der Waals surface area (Å²) in [7, 11) is -3.72. The molecular formula is C9H6Cl2N2O2S2. The van der Waals surface area contributed by atoms with E-state index >= 15 is 0 Å². The highest BCUT2D eigenvalue weighted by Crippen LogP contribution is 2.27. The van der Waals surface area contributed by atoms with Crippen molar-refractivity contribution in [3.05, 3.63) is 39.8 Å². The van der Waals surface area contributed by atoms with E-state index < -0.39 is 10.0 Å².